The van der Waals surface area contributed by atoms with Gasteiger partial charge in [-0.3, -0.25) is 0 Å². The fourth-order valence-electron chi connectivity index (χ4n) is 1.61. The number of phenols is 1. The highest BCUT2D eigenvalue weighted by atomic mass is 32.1. The average Bonchev–Trinajstić information content (AvgIpc) is 2.31. The van der Waals surface area contributed by atoms with Gasteiger partial charge in [0.05, 0.1) is 0 Å². The highest BCUT2D eigenvalue weighted by Gasteiger charge is 2.20. The van der Waals surface area contributed by atoms with Crippen molar-refractivity contribution in [1.82, 2.24) is 0 Å². The molecule has 0 amide bonds. The van der Waals surface area contributed by atoms with Crippen LogP contribution in [0.2, 0.25) is 0 Å². The molecule has 1 unspecified atom stereocenters. The van der Waals surface area contributed by atoms with Crippen LogP contribution in [0.1, 0.15) is 11.1 Å². The van der Waals surface area contributed by atoms with Crippen molar-refractivity contribution < 1.29 is 5.11 Å². The topological polar surface area (TPSA) is 20.2 Å². The van der Waals surface area contributed by atoms with E-state index in [0.717, 1.165) is 18.4 Å². The predicted octanol–water partition coefficient (Wildman–Crippen LogP) is 1.79. The van der Waals surface area contributed by atoms with Gasteiger partial charge in [-0.05, 0) is 30.0 Å². The van der Waals surface area contributed by atoms with E-state index in [1.165, 1.54) is 5.56 Å². The molecule has 11 heavy (non-hydrogen) atoms. The fourth-order valence-corrected chi connectivity index (χ4v) is 1.99. The lowest BCUT2D eigenvalue weighted by atomic mass is 10.1. The number of benzene rings is 1. The van der Waals surface area contributed by atoms with Gasteiger partial charge >= 0.3 is 0 Å². The van der Waals surface area contributed by atoms with Crippen LogP contribution in [-0.4, -0.2) is 10.4 Å². The Labute approximate surface area is 71.5 Å². The lowest BCUT2D eigenvalue weighted by molar-refractivity contribution is 0.469. The molecule has 1 atom stereocenters. The average molecular weight is 166 g/mol. The van der Waals surface area contributed by atoms with E-state index in [9.17, 15) is 5.11 Å². The molecule has 0 radical (unpaired) electrons. The van der Waals surface area contributed by atoms with Gasteiger partial charge in [0.1, 0.15) is 5.75 Å². The van der Waals surface area contributed by atoms with Crippen molar-refractivity contribution in [1.29, 1.82) is 0 Å². The van der Waals surface area contributed by atoms with Crippen molar-refractivity contribution >= 4 is 12.6 Å². The summed E-state index contributed by atoms with van der Waals surface area (Å²) in [5.74, 6) is 0.430. The monoisotopic (exact) mass is 166 g/mol. The lowest BCUT2D eigenvalue weighted by Crippen LogP contribution is -1.94. The van der Waals surface area contributed by atoms with E-state index in [4.69, 9.17) is 0 Å². The van der Waals surface area contributed by atoms with Crippen molar-refractivity contribution in [2.75, 3.05) is 0 Å². The van der Waals surface area contributed by atoms with E-state index in [0.29, 0.717) is 11.0 Å². The molecule has 0 fully saturated rings. The van der Waals surface area contributed by atoms with Crippen molar-refractivity contribution in [2.24, 2.45) is 0 Å². The molecular weight excluding hydrogens is 156 g/mol. The summed E-state index contributed by atoms with van der Waals surface area (Å²) in [5.41, 5.74) is 2.34. The third-order valence-corrected chi connectivity index (χ3v) is 2.51. The van der Waals surface area contributed by atoms with E-state index < -0.39 is 0 Å². The first-order valence-electron chi connectivity index (χ1n) is 3.75. The Morgan fingerprint density at radius 3 is 2.91 bits per heavy atom. The van der Waals surface area contributed by atoms with Crippen molar-refractivity contribution in [3.63, 3.8) is 0 Å². The number of hydrogen-bond acceptors (Lipinski definition) is 2. The Balaban J connectivity index is 2.49. The molecule has 2 heteroatoms. The summed E-state index contributed by atoms with van der Waals surface area (Å²) < 4.78 is 0. The van der Waals surface area contributed by atoms with Gasteiger partial charge in [-0.25, -0.2) is 0 Å². The Bertz CT molecular complexity index is 283. The largest absolute Gasteiger partial charge is 0.508 e. The minimum Gasteiger partial charge on any atom is -0.508 e. The molecule has 0 heterocycles. The Hall–Kier alpha value is -0.630. The normalized spacial score (nSPS) is 21.7. The summed E-state index contributed by atoms with van der Waals surface area (Å²) in [5, 5.41) is 9.82. The summed E-state index contributed by atoms with van der Waals surface area (Å²) in [6.45, 7) is 0. The molecule has 2 rings (SSSR count). The number of phenolic OH excluding ortho intramolecular Hbond substituents is 1. The molecule has 0 aliphatic heterocycles. The smallest absolute Gasteiger partial charge is 0.119 e. The number of thiol groups is 1. The minimum atomic E-state index is 0.401. The van der Waals surface area contributed by atoms with Gasteiger partial charge in [0.15, 0.2) is 0 Å². The molecule has 1 aliphatic rings. The highest BCUT2D eigenvalue weighted by molar-refractivity contribution is 7.81. The Morgan fingerprint density at radius 1 is 1.36 bits per heavy atom. The van der Waals surface area contributed by atoms with Crippen LogP contribution in [-0.2, 0) is 12.8 Å². The Morgan fingerprint density at radius 2 is 2.18 bits per heavy atom. The Kier molecular flexibility index (Phi) is 1.57. The third-order valence-electron chi connectivity index (χ3n) is 2.14. The maximum absolute atomic E-state index is 9.42. The second-order valence-corrected chi connectivity index (χ2v) is 3.71. The summed E-state index contributed by atoms with van der Waals surface area (Å²) in [6.07, 6.45) is 1.90. The van der Waals surface area contributed by atoms with Gasteiger partial charge in [0.25, 0.3) is 0 Å². The van der Waals surface area contributed by atoms with Crippen molar-refractivity contribution in [3.8, 4) is 5.75 Å². The SMILES string of the molecule is Oc1cccc2c1CC(S)C2. The molecule has 1 aromatic carbocycles. The van der Waals surface area contributed by atoms with E-state index >= 15 is 0 Å². The molecule has 1 aromatic rings. The first-order valence-corrected chi connectivity index (χ1v) is 4.27. The molecule has 0 aromatic heterocycles. The molecule has 0 spiro atoms. The number of hydrogen-bond donors (Lipinski definition) is 2. The second-order valence-electron chi connectivity index (χ2n) is 2.98. The van der Waals surface area contributed by atoms with Crippen LogP contribution in [0.5, 0.6) is 5.75 Å². The third kappa shape index (κ3) is 1.11. The van der Waals surface area contributed by atoms with Crippen LogP contribution in [0.25, 0.3) is 0 Å². The molecule has 1 aliphatic carbocycles. The molecular formula is C9H10OS. The molecule has 0 saturated carbocycles. The summed E-state index contributed by atoms with van der Waals surface area (Å²) in [7, 11) is 0. The zero-order chi connectivity index (χ0) is 7.84. The molecule has 0 bridgehead atoms. The number of aromatic hydroxyl groups is 1. The van der Waals surface area contributed by atoms with Gasteiger partial charge in [-0.2, -0.15) is 12.6 Å². The first-order chi connectivity index (χ1) is 5.27. The summed E-state index contributed by atoms with van der Waals surface area (Å²) >= 11 is 4.37. The van der Waals surface area contributed by atoms with Gasteiger partial charge in [0, 0.05) is 5.25 Å². The van der Waals surface area contributed by atoms with Crippen LogP contribution >= 0.6 is 12.6 Å². The second kappa shape index (κ2) is 2.45. The lowest BCUT2D eigenvalue weighted by Gasteiger charge is -1.99. The van der Waals surface area contributed by atoms with E-state index in [1.54, 1.807) is 6.07 Å². The quantitative estimate of drug-likeness (QED) is 0.563. The number of fused-ring (bicyclic) bond motifs is 1. The summed E-state index contributed by atoms with van der Waals surface area (Å²) in [6, 6.07) is 5.69. The van der Waals surface area contributed by atoms with E-state index in [2.05, 4.69) is 18.7 Å². The van der Waals surface area contributed by atoms with Crippen molar-refractivity contribution in [2.45, 2.75) is 18.1 Å². The van der Waals surface area contributed by atoms with Crippen LogP contribution in [0, 0.1) is 0 Å². The zero-order valence-electron chi connectivity index (χ0n) is 6.12. The minimum absolute atomic E-state index is 0.401. The van der Waals surface area contributed by atoms with Crippen LogP contribution in [0.4, 0.5) is 0 Å². The van der Waals surface area contributed by atoms with E-state index in [-0.39, 0.29) is 0 Å². The van der Waals surface area contributed by atoms with Gasteiger partial charge in [-0.1, -0.05) is 12.1 Å². The number of rotatable bonds is 0. The molecule has 1 N–H and O–H groups in total. The van der Waals surface area contributed by atoms with Crippen LogP contribution in [0.3, 0.4) is 0 Å². The standard InChI is InChI=1S/C9H10OS/c10-9-3-1-2-6-4-7(11)5-8(6)9/h1-3,7,10-11H,4-5H2. The maximum Gasteiger partial charge on any atom is 0.119 e. The van der Waals surface area contributed by atoms with Gasteiger partial charge < -0.3 is 5.11 Å². The van der Waals surface area contributed by atoms with E-state index in [1.807, 2.05) is 6.07 Å². The van der Waals surface area contributed by atoms with Gasteiger partial charge in [-0.15, -0.1) is 0 Å². The highest BCUT2D eigenvalue weighted by Crippen LogP contribution is 2.31. The zero-order valence-corrected chi connectivity index (χ0v) is 7.01. The first kappa shape index (κ1) is 7.04. The van der Waals surface area contributed by atoms with Crippen LogP contribution in [0.15, 0.2) is 18.2 Å². The maximum atomic E-state index is 9.42. The summed E-state index contributed by atoms with van der Waals surface area (Å²) in [4.78, 5) is 0. The fraction of sp³-hybridized carbons (Fsp3) is 0.333. The molecule has 1 nitrogen and oxygen atoms in total. The van der Waals surface area contributed by atoms with Crippen LogP contribution < -0.4 is 0 Å². The molecule has 58 valence electrons. The van der Waals surface area contributed by atoms with Gasteiger partial charge in [0.2, 0.25) is 0 Å². The predicted molar refractivity (Wildman–Crippen MR) is 48.3 cm³/mol. The van der Waals surface area contributed by atoms with Crippen molar-refractivity contribution in [3.05, 3.63) is 29.3 Å². The molecule has 0 saturated heterocycles.